The molecule has 138 valence electrons. The maximum Gasteiger partial charge on any atom is 0.323 e. The van der Waals surface area contributed by atoms with Gasteiger partial charge >= 0.3 is 6.03 Å². The lowest BCUT2D eigenvalue weighted by Gasteiger charge is -2.32. The zero-order valence-electron chi connectivity index (χ0n) is 15.0. The van der Waals surface area contributed by atoms with Crippen LogP contribution < -0.4 is 10.6 Å². The number of nitrogens with one attached hydrogen (secondary N) is 2. The number of carbonyl (C=O) groups is 2. The van der Waals surface area contributed by atoms with Crippen LogP contribution in [0.3, 0.4) is 0 Å². The predicted molar refractivity (Wildman–Crippen MR) is 104 cm³/mol. The van der Waals surface area contributed by atoms with E-state index in [0.29, 0.717) is 23.9 Å². The summed E-state index contributed by atoms with van der Waals surface area (Å²) in [7, 11) is 2.05. The SMILES string of the molecule is Cc1ccccc1NC(=O)Cc1csc(NC(=O)N2CCN(C)CC2)n1. The van der Waals surface area contributed by atoms with Crippen molar-refractivity contribution in [1.29, 1.82) is 0 Å². The zero-order valence-corrected chi connectivity index (χ0v) is 15.8. The van der Waals surface area contributed by atoms with Gasteiger partial charge < -0.3 is 15.1 Å². The highest BCUT2D eigenvalue weighted by Crippen LogP contribution is 2.18. The molecule has 1 saturated heterocycles. The quantitative estimate of drug-likeness (QED) is 0.863. The summed E-state index contributed by atoms with van der Waals surface area (Å²) in [6.45, 7) is 5.11. The number of urea groups is 1. The van der Waals surface area contributed by atoms with Crippen LogP contribution in [-0.4, -0.2) is 59.9 Å². The van der Waals surface area contributed by atoms with Crippen LogP contribution in [0.25, 0.3) is 0 Å². The number of hydrogen-bond donors (Lipinski definition) is 2. The molecule has 0 radical (unpaired) electrons. The Bertz CT molecular complexity index is 783. The fraction of sp³-hybridized carbons (Fsp3) is 0.389. The highest BCUT2D eigenvalue weighted by molar-refractivity contribution is 7.13. The Balaban J connectivity index is 1.52. The number of piperazine rings is 1. The first-order valence-electron chi connectivity index (χ1n) is 8.55. The summed E-state index contributed by atoms with van der Waals surface area (Å²) in [4.78, 5) is 32.8. The summed E-state index contributed by atoms with van der Waals surface area (Å²) in [6.07, 6.45) is 0.176. The smallest absolute Gasteiger partial charge is 0.323 e. The molecule has 2 aromatic rings. The minimum absolute atomic E-state index is 0.124. The Morgan fingerprint density at radius 3 is 2.62 bits per heavy atom. The van der Waals surface area contributed by atoms with Crippen LogP contribution in [0.1, 0.15) is 11.3 Å². The van der Waals surface area contributed by atoms with Crippen LogP contribution in [-0.2, 0) is 11.2 Å². The maximum atomic E-state index is 12.3. The van der Waals surface area contributed by atoms with Gasteiger partial charge in [0.25, 0.3) is 0 Å². The van der Waals surface area contributed by atoms with Gasteiger partial charge in [-0.05, 0) is 25.6 Å². The summed E-state index contributed by atoms with van der Waals surface area (Å²) in [6, 6.07) is 7.50. The number of thiazole rings is 1. The molecule has 7 nitrogen and oxygen atoms in total. The number of aromatic nitrogens is 1. The second-order valence-electron chi connectivity index (χ2n) is 6.40. The number of carbonyl (C=O) groups excluding carboxylic acids is 2. The highest BCUT2D eigenvalue weighted by Gasteiger charge is 2.20. The first-order valence-corrected chi connectivity index (χ1v) is 9.43. The zero-order chi connectivity index (χ0) is 18.5. The summed E-state index contributed by atoms with van der Waals surface area (Å²) in [5.41, 5.74) is 2.46. The number of anilines is 2. The molecule has 2 N–H and O–H groups in total. The molecule has 1 aromatic heterocycles. The van der Waals surface area contributed by atoms with Crippen molar-refractivity contribution < 1.29 is 9.59 Å². The molecule has 1 aliphatic heterocycles. The molecule has 0 aliphatic carbocycles. The Morgan fingerprint density at radius 1 is 1.15 bits per heavy atom. The van der Waals surface area contributed by atoms with Crippen LogP contribution >= 0.6 is 11.3 Å². The summed E-state index contributed by atoms with van der Waals surface area (Å²) in [5.74, 6) is -0.124. The first kappa shape index (κ1) is 18.3. The minimum Gasteiger partial charge on any atom is -0.326 e. The molecular formula is C18H23N5O2S. The molecule has 0 bridgehead atoms. The third-order valence-corrected chi connectivity index (χ3v) is 5.12. The number of benzene rings is 1. The van der Waals surface area contributed by atoms with E-state index in [1.54, 1.807) is 10.3 Å². The van der Waals surface area contributed by atoms with Crippen LogP contribution in [0.15, 0.2) is 29.6 Å². The van der Waals surface area contributed by atoms with E-state index < -0.39 is 0 Å². The van der Waals surface area contributed by atoms with Crippen LogP contribution in [0.2, 0.25) is 0 Å². The van der Waals surface area contributed by atoms with Crippen molar-refractivity contribution in [1.82, 2.24) is 14.8 Å². The Labute approximate surface area is 157 Å². The van der Waals surface area contributed by atoms with Crippen LogP contribution in [0, 0.1) is 6.92 Å². The van der Waals surface area contributed by atoms with Crippen molar-refractivity contribution in [3.05, 3.63) is 40.9 Å². The second-order valence-corrected chi connectivity index (χ2v) is 7.26. The molecule has 1 aliphatic rings. The third-order valence-electron chi connectivity index (χ3n) is 4.32. The summed E-state index contributed by atoms with van der Waals surface area (Å²) >= 11 is 1.33. The minimum atomic E-state index is -0.136. The lowest BCUT2D eigenvalue weighted by Crippen LogP contribution is -2.48. The number of rotatable bonds is 4. The van der Waals surface area contributed by atoms with Gasteiger partial charge in [0.05, 0.1) is 12.1 Å². The lowest BCUT2D eigenvalue weighted by atomic mass is 10.2. The molecule has 2 heterocycles. The number of amides is 3. The average molecular weight is 373 g/mol. The average Bonchev–Trinajstić information content (AvgIpc) is 3.04. The summed E-state index contributed by atoms with van der Waals surface area (Å²) in [5, 5.41) is 8.04. The fourth-order valence-corrected chi connectivity index (χ4v) is 3.40. The number of nitrogens with zero attached hydrogens (tertiary/aromatic N) is 3. The molecule has 0 unspecified atom stereocenters. The molecular weight excluding hydrogens is 350 g/mol. The van der Waals surface area contributed by atoms with Gasteiger partial charge in [-0.25, -0.2) is 9.78 Å². The Morgan fingerprint density at radius 2 is 1.88 bits per heavy atom. The van der Waals surface area contributed by atoms with E-state index in [9.17, 15) is 9.59 Å². The molecule has 1 fully saturated rings. The molecule has 3 rings (SSSR count). The third kappa shape index (κ3) is 4.80. The monoisotopic (exact) mass is 373 g/mol. The van der Waals surface area contributed by atoms with Gasteiger partial charge in [-0.3, -0.25) is 10.1 Å². The molecule has 0 atom stereocenters. The van der Waals surface area contributed by atoms with Gasteiger partial charge in [0.2, 0.25) is 5.91 Å². The van der Waals surface area contributed by atoms with E-state index in [-0.39, 0.29) is 18.4 Å². The van der Waals surface area contributed by atoms with Gasteiger partial charge in [0.15, 0.2) is 5.13 Å². The Kier molecular flexibility index (Phi) is 5.85. The topological polar surface area (TPSA) is 77.6 Å². The van der Waals surface area contributed by atoms with E-state index in [4.69, 9.17) is 0 Å². The van der Waals surface area contributed by atoms with Crippen molar-refractivity contribution in [2.45, 2.75) is 13.3 Å². The standard InChI is InChI=1S/C18H23N5O2S/c1-13-5-3-4-6-15(13)20-16(24)11-14-12-26-17(19-14)21-18(25)23-9-7-22(2)8-10-23/h3-6,12H,7-11H2,1-2H3,(H,20,24)(H,19,21,25). The molecule has 0 spiro atoms. The highest BCUT2D eigenvalue weighted by atomic mass is 32.1. The largest absolute Gasteiger partial charge is 0.326 e. The van der Waals surface area contributed by atoms with E-state index in [1.165, 1.54) is 11.3 Å². The fourth-order valence-electron chi connectivity index (χ4n) is 2.70. The van der Waals surface area contributed by atoms with E-state index >= 15 is 0 Å². The van der Waals surface area contributed by atoms with Crippen molar-refractivity contribution in [3.8, 4) is 0 Å². The van der Waals surface area contributed by atoms with Crippen molar-refractivity contribution in [2.75, 3.05) is 43.9 Å². The van der Waals surface area contributed by atoms with Crippen molar-refractivity contribution in [3.63, 3.8) is 0 Å². The van der Waals surface area contributed by atoms with Crippen molar-refractivity contribution in [2.24, 2.45) is 0 Å². The van der Waals surface area contributed by atoms with E-state index in [0.717, 1.165) is 24.3 Å². The van der Waals surface area contributed by atoms with Crippen LogP contribution in [0.4, 0.5) is 15.6 Å². The van der Waals surface area contributed by atoms with Gasteiger partial charge in [0, 0.05) is 37.2 Å². The molecule has 26 heavy (non-hydrogen) atoms. The summed E-state index contributed by atoms with van der Waals surface area (Å²) < 4.78 is 0. The first-order chi connectivity index (χ1) is 12.5. The number of likely N-dealkylation sites (N-methyl/N-ethyl adjacent to an activating group) is 1. The van der Waals surface area contributed by atoms with E-state index in [2.05, 4.69) is 20.5 Å². The lowest BCUT2D eigenvalue weighted by molar-refractivity contribution is -0.115. The predicted octanol–water partition coefficient (Wildman–Crippen LogP) is 2.41. The van der Waals surface area contributed by atoms with Gasteiger partial charge in [-0.1, -0.05) is 18.2 Å². The normalized spacial score (nSPS) is 14.9. The second kappa shape index (κ2) is 8.29. The van der Waals surface area contributed by atoms with Crippen molar-refractivity contribution >= 4 is 34.1 Å². The maximum absolute atomic E-state index is 12.3. The van der Waals surface area contributed by atoms with E-state index in [1.807, 2.05) is 38.2 Å². The molecule has 1 aromatic carbocycles. The number of para-hydroxylation sites is 1. The molecule has 0 saturated carbocycles. The number of hydrogen-bond acceptors (Lipinski definition) is 5. The molecule has 8 heteroatoms. The molecule has 3 amide bonds. The van der Waals surface area contributed by atoms with Gasteiger partial charge in [-0.15, -0.1) is 11.3 Å². The number of aryl methyl sites for hydroxylation is 1. The Hall–Kier alpha value is -2.45. The van der Waals surface area contributed by atoms with Crippen LogP contribution in [0.5, 0.6) is 0 Å². The van der Waals surface area contributed by atoms with Gasteiger partial charge in [-0.2, -0.15) is 0 Å². The van der Waals surface area contributed by atoms with Gasteiger partial charge in [0.1, 0.15) is 0 Å².